The molecule has 1 saturated carbocycles. The van der Waals surface area contributed by atoms with Gasteiger partial charge in [-0.05, 0) is 31.9 Å². The molecule has 3 N–H and O–H groups in total. The second kappa shape index (κ2) is 4.90. The summed E-state index contributed by atoms with van der Waals surface area (Å²) in [5.74, 6) is 0.103. The van der Waals surface area contributed by atoms with E-state index in [-0.39, 0.29) is 11.4 Å². The lowest BCUT2D eigenvalue weighted by atomic mass is 9.98. The van der Waals surface area contributed by atoms with Gasteiger partial charge in [0.25, 0.3) is 5.91 Å². The molecule has 0 spiro atoms. The van der Waals surface area contributed by atoms with E-state index in [1.807, 2.05) is 19.1 Å². The summed E-state index contributed by atoms with van der Waals surface area (Å²) < 4.78 is 5.57. The third-order valence-electron chi connectivity index (χ3n) is 4.07. The van der Waals surface area contributed by atoms with Gasteiger partial charge in [0, 0.05) is 18.3 Å². The first-order chi connectivity index (χ1) is 9.62. The van der Waals surface area contributed by atoms with E-state index in [2.05, 4.69) is 10.3 Å². The maximum atomic E-state index is 12.3. The Labute approximate surface area is 117 Å². The smallest absolute Gasteiger partial charge is 0.287 e. The zero-order valence-electron chi connectivity index (χ0n) is 11.6. The van der Waals surface area contributed by atoms with Crippen molar-refractivity contribution in [2.45, 2.75) is 38.1 Å². The molecule has 0 bridgehead atoms. The highest BCUT2D eigenvalue weighted by molar-refractivity contribution is 5.95. The number of carbonyl (C=O) groups excluding carboxylic acids is 1. The molecule has 2 aromatic rings. The van der Waals surface area contributed by atoms with Crippen molar-refractivity contribution in [2.75, 3.05) is 6.54 Å². The third kappa shape index (κ3) is 2.29. The fourth-order valence-corrected chi connectivity index (χ4v) is 2.87. The van der Waals surface area contributed by atoms with Crippen molar-refractivity contribution < 1.29 is 9.21 Å². The fourth-order valence-electron chi connectivity index (χ4n) is 2.87. The second-order valence-corrected chi connectivity index (χ2v) is 5.59. The highest BCUT2D eigenvalue weighted by atomic mass is 16.3. The number of fused-ring (bicyclic) bond motifs is 1. The predicted molar refractivity (Wildman–Crippen MR) is 76.5 cm³/mol. The van der Waals surface area contributed by atoms with E-state index in [1.54, 1.807) is 6.07 Å². The maximum absolute atomic E-state index is 12.3. The van der Waals surface area contributed by atoms with Crippen LogP contribution in [-0.2, 0) is 0 Å². The van der Waals surface area contributed by atoms with Crippen molar-refractivity contribution in [3.05, 3.63) is 29.7 Å². The normalized spacial score (nSPS) is 17.5. The van der Waals surface area contributed by atoms with Crippen molar-refractivity contribution in [1.82, 2.24) is 10.3 Å². The number of nitrogens with one attached hydrogen (secondary N) is 1. The number of nitrogens with two attached hydrogens (primary N) is 1. The van der Waals surface area contributed by atoms with Crippen LogP contribution in [0.5, 0.6) is 0 Å². The van der Waals surface area contributed by atoms with Gasteiger partial charge in [0.15, 0.2) is 11.3 Å². The molecule has 3 rings (SSSR count). The van der Waals surface area contributed by atoms with Gasteiger partial charge in [0.1, 0.15) is 5.52 Å². The third-order valence-corrected chi connectivity index (χ3v) is 4.07. The number of aromatic nitrogens is 1. The number of nitrogens with zero attached hydrogens (tertiary/aromatic N) is 1. The average molecular weight is 273 g/mol. The Morgan fingerprint density at radius 1 is 1.45 bits per heavy atom. The number of amides is 1. The highest BCUT2D eigenvalue weighted by Gasteiger charge is 2.34. The Bertz CT molecular complexity index is 642. The largest absolute Gasteiger partial charge is 0.449 e. The Hall–Kier alpha value is -1.88. The van der Waals surface area contributed by atoms with Crippen molar-refractivity contribution in [2.24, 2.45) is 5.73 Å². The summed E-state index contributed by atoms with van der Waals surface area (Å²) in [6, 6.07) is 5.39. The van der Waals surface area contributed by atoms with Crippen LogP contribution < -0.4 is 11.1 Å². The van der Waals surface area contributed by atoms with Crippen molar-refractivity contribution in [3.8, 4) is 0 Å². The molecule has 106 valence electrons. The number of furan rings is 1. The van der Waals surface area contributed by atoms with Gasteiger partial charge in [0.2, 0.25) is 0 Å². The molecule has 0 saturated heterocycles. The Morgan fingerprint density at radius 2 is 2.20 bits per heavy atom. The van der Waals surface area contributed by atoms with E-state index < -0.39 is 0 Å². The molecule has 1 aliphatic carbocycles. The number of pyridine rings is 1. The van der Waals surface area contributed by atoms with Crippen LogP contribution in [0.1, 0.15) is 41.9 Å². The van der Waals surface area contributed by atoms with Gasteiger partial charge in [-0.2, -0.15) is 0 Å². The van der Waals surface area contributed by atoms with Crippen LogP contribution in [0.3, 0.4) is 0 Å². The molecule has 0 aliphatic heterocycles. The molecule has 0 unspecified atom stereocenters. The summed E-state index contributed by atoms with van der Waals surface area (Å²) in [5, 5.41) is 3.05. The van der Waals surface area contributed by atoms with Crippen LogP contribution in [0.25, 0.3) is 11.1 Å². The number of carbonyl (C=O) groups is 1. The van der Waals surface area contributed by atoms with Crippen molar-refractivity contribution in [3.63, 3.8) is 0 Å². The molecule has 20 heavy (non-hydrogen) atoms. The second-order valence-electron chi connectivity index (χ2n) is 5.59. The SMILES string of the molecule is Cc1ccc2oc(C(=O)NC3(CN)CCCC3)cc2n1. The Balaban J connectivity index is 1.85. The fraction of sp³-hybridized carbons (Fsp3) is 0.467. The van der Waals surface area contributed by atoms with Gasteiger partial charge < -0.3 is 15.5 Å². The van der Waals surface area contributed by atoms with Crippen LogP contribution in [0.15, 0.2) is 22.6 Å². The lowest BCUT2D eigenvalue weighted by molar-refractivity contribution is 0.0876. The van der Waals surface area contributed by atoms with Crippen LogP contribution >= 0.6 is 0 Å². The lowest BCUT2D eigenvalue weighted by Gasteiger charge is -2.28. The molecule has 0 atom stereocenters. The van der Waals surface area contributed by atoms with Crippen LogP contribution in [0.4, 0.5) is 0 Å². The minimum atomic E-state index is -0.264. The summed E-state index contributed by atoms with van der Waals surface area (Å²) in [6.07, 6.45) is 4.09. The average Bonchev–Trinajstić information content (AvgIpc) is 3.05. The van der Waals surface area contributed by atoms with Gasteiger partial charge in [-0.15, -0.1) is 0 Å². The number of aryl methyl sites for hydroxylation is 1. The Kier molecular flexibility index (Phi) is 3.22. The first-order valence-electron chi connectivity index (χ1n) is 7.02. The van der Waals surface area contributed by atoms with Crippen LogP contribution in [-0.4, -0.2) is 23.0 Å². The van der Waals surface area contributed by atoms with Crippen LogP contribution in [0.2, 0.25) is 0 Å². The molecule has 1 fully saturated rings. The van der Waals surface area contributed by atoms with E-state index >= 15 is 0 Å². The van der Waals surface area contributed by atoms with Crippen LogP contribution in [0, 0.1) is 6.92 Å². The molecule has 0 radical (unpaired) electrons. The lowest BCUT2D eigenvalue weighted by Crippen LogP contribution is -2.51. The molecular weight excluding hydrogens is 254 g/mol. The maximum Gasteiger partial charge on any atom is 0.287 e. The van der Waals surface area contributed by atoms with E-state index in [4.69, 9.17) is 10.2 Å². The van der Waals surface area contributed by atoms with Gasteiger partial charge in [0.05, 0.1) is 5.54 Å². The molecular formula is C15H19N3O2. The summed E-state index contributed by atoms with van der Waals surface area (Å²) in [6.45, 7) is 2.38. The van der Waals surface area contributed by atoms with E-state index in [0.29, 0.717) is 23.4 Å². The summed E-state index contributed by atoms with van der Waals surface area (Å²) in [5.41, 5.74) is 7.82. The molecule has 0 aromatic carbocycles. The quantitative estimate of drug-likeness (QED) is 0.897. The van der Waals surface area contributed by atoms with Gasteiger partial charge >= 0.3 is 0 Å². The number of rotatable bonds is 3. The summed E-state index contributed by atoms with van der Waals surface area (Å²) >= 11 is 0. The minimum absolute atomic E-state index is 0.201. The molecule has 2 aromatic heterocycles. The first kappa shape index (κ1) is 13.1. The highest BCUT2D eigenvalue weighted by Crippen LogP contribution is 2.29. The number of hydrogen-bond donors (Lipinski definition) is 2. The van der Waals surface area contributed by atoms with E-state index in [1.165, 1.54) is 0 Å². The van der Waals surface area contributed by atoms with Gasteiger partial charge in [-0.1, -0.05) is 12.8 Å². The number of hydrogen-bond acceptors (Lipinski definition) is 4. The topological polar surface area (TPSA) is 81.2 Å². The van der Waals surface area contributed by atoms with E-state index in [9.17, 15) is 4.79 Å². The standard InChI is InChI=1S/C15H19N3O2/c1-10-4-5-12-11(17-10)8-13(20-12)14(19)18-15(9-16)6-2-3-7-15/h4-5,8H,2-3,6-7,9,16H2,1H3,(H,18,19). The molecule has 1 aliphatic rings. The molecule has 5 nitrogen and oxygen atoms in total. The van der Waals surface area contributed by atoms with Crippen molar-refractivity contribution >= 4 is 17.0 Å². The Morgan fingerprint density at radius 3 is 2.90 bits per heavy atom. The summed E-state index contributed by atoms with van der Waals surface area (Å²) in [7, 11) is 0. The van der Waals surface area contributed by atoms with Gasteiger partial charge in [-0.25, -0.2) is 4.98 Å². The van der Waals surface area contributed by atoms with Crippen molar-refractivity contribution in [1.29, 1.82) is 0 Å². The molecule has 5 heteroatoms. The summed E-state index contributed by atoms with van der Waals surface area (Å²) in [4.78, 5) is 16.7. The monoisotopic (exact) mass is 273 g/mol. The minimum Gasteiger partial charge on any atom is -0.449 e. The molecule has 1 amide bonds. The predicted octanol–water partition coefficient (Wildman–Crippen LogP) is 2.14. The van der Waals surface area contributed by atoms with Gasteiger partial charge in [-0.3, -0.25) is 4.79 Å². The zero-order chi connectivity index (χ0) is 14.2. The van der Waals surface area contributed by atoms with E-state index in [0.717, 1.165) is 31.4 Å². The molecule has 2 heterocycles. The zero-order valence-corrected chi connectivity index (χ0v) is 11.6. The first-order valence-corrected chi connectivity index (χ1v) is 7.02.